The second kappa shape index (κ2) is 17.1. The molecular formula is C18H30F6N2O3. The summed E-state index contributed by atoms with van der Waals surface area (Å²) >= 11 is 0. The first kappa shape index (κ1) is 29.4. The number of carbonyl (C=O) groups excluding carboxylic acids is 2. The molecule has 0 aromatic heterocycles. The van der Waals surface area contributed by atoms with Crippen molar-refractivity contribution < 1.29 is 40.7 Å². The number of amides is 1. The van der Waals surface area contributed by atoms with E-state index in [4.69, 9.17) is 0 Å². The molecule has 5 nitrogen and oxygen atoms in total. The lowest BCUT2D eigenvalue weighted by molar-refractivity contribution is -0.251. The van der Waals surface area contributed by atoms with Crippen LogP contribution in [0.4, 0.5) is 31.1 Å². The molecule has 0 bridgehead atoms. The number of halogens is 6. The lowest BCUT2D eigenvalue weighted by atomic mass is 10.2. The summed E-state index contributed by atoms with van der Waals surface area (Å²) in [5.74, 6) is -4.81. The number of isocyanates is 1. The van der Waals surface area contributed by atoms with E-state index in [0.717, 1.165) is 25.7 Å². The minimum absolute atomic E-state index is 0.155. The first-order chi connectivity index (χ1) is 13.5. The Balaban J connectivity index is 0. The summed E-state index contributed by atoms with van der Waals surface area (Å²) in [4.78, 5) is 23.9. The molecule has 0 spiro atoms. The van der Waals surface area contributed by atoms with Crippen LogP contribution >= 0.6 is 0 Å². The summed E-state index contributed by atoms with van der Waals surface area (Å²) in [5, 5.41) is 2.09. The van der Waals surface area contributed by atoms with E-state index >= 15 is 0 Å². The molecule has 0 aliphatic heterocycles. The summed E-state index contributed by atoms with van der Waals surface area (Å²) in [6, 6.07) is 0. The van der Waals surface area contributed by atoms with Gasteiger partial charge in [0.1, 0.15) is 0 Å². The molecule has 29 heavy (non-hydrogen) atoms. The maximum atomic E-state index is 12.8. The molecule has 0 rings (SSSR count). The Kier molecular flexibility index (Phi) is 17.4. The number of carbonyl (C=O) groups is 1. The lowest BCUT2D eigenvalue weighted by Crippen LogP contribution is -2.45. The summed E-state index contributed by atoms with van der Waals surface area (Å²) < 4.78 is 77.2. The zero-order chi connectivity index (χ0) is 22.8. The predicted octanol–water partition coefficient (Wildman–Crippen LogP) is 5.73. The molecule has 0 heterocycles. The molecule has 0 aromatic rings. The second-order valence-corrected chi connectivity index (χ2v) is 6.26. The molecule has 1 N–H and O–H groups in total. The standard InChI is InChI=1S/C11H17F6NO2.C7H13NO/c1-2-3-4-5-6-18-9(19)20-7-10(13,14)8(12)11(15,16)17;1-2-3-4-5-6-8-7-9/h8H,2-7H2,1H3,(H,18,19);2-6H2,1H3. The molecule has 0 aliphatic carbocycles. The molecule has 1 atom stereocenters. The van der Waals surface area contributed by atoms with Gasteiger partial charge in [0.25, 0.3) is 6.17 Å². The van der Waals surface area contributed by atoms with Crippen molar-refractivity contribution in [1.29, 1.82) is 0 Å². The van der Waals surface area contributed by atoms with Crippen molar-refractivity contribution in [2.75, 3.05) is 19.7 Å². The highest BCUT2D eigenvalue weighted by atomic mass is 19.4. The van der Waals surface area contributed by atoms with Gasteiger partial charge in [0.05, 0.1) is 6.54 Å². The normalized spacial score (nSPS) is 12.3. The Morgan fingerprint density at radius 3 is 2.03 bits per heavy atom. The van der Waals surface area contributed by atoms with Gasteiger partial charge in [0.2, 0.25) is 6.08 Å². The average molecular weight is 436 g/mol. The monoisotopic (exact) mass is 436 g/mol. The number of hydrogen-bond acceptors (Lipinski definition) is 4. The minimum atomic E-state index is -5.70. The summed E-state index contributed by atoms with van der Waals surface area (Å²) in [7, 11) is 0. The van der Waals surface area contributed by atoms with E-state index in [1.165, 1.54) is 25.3 Å². The van der Waals surface area contributed by atoms with Gasteiger partial charge in [0, 0.05) is 6.54 Å². The maximum absolute atomic E-state index is 12.8. The van der Waals surface area contributed by atoms with Gasteiger partial charge < -0.3 is 10.1 Å². The molecular weight excluding hydrogens is 406 g/mol. The first-order valence-electron chi connectivity index (χ1n) is 9.55. The van der Waals surface area contributed by atoms with Crippen LogP contribution in [0.2, 0.25) is 0 Å². The van der Waals surface area contributed by atoms with E-state index in [-0.39, 0.29) is 6.54 Å². The fourth-order valence-electron chi connectivity index (χ4n) is 1.93. The van der Waals surface area contributed by atoms with E-state index in [1.54, 1.807) is 0 Å². The first-order valence-corrected chi connectivity index (χ1v) is 9.55. The fourth-order valence-corrected chi connectivity index (χ4v) is 1.93. The number of unbranched alkanes of at least 4 members (excludes halogenated alkanes) is 6. The highest BCUT2D eigenvalue weighted by molar-refractivity contribution is 5.67. The van der Waals surface area contributed by atoms with Gasteiger partial charge >= 0.3 is 18.2 Å². The molecule has 0 aromatic carbocycles. The Morgan fingerprint density at radius 1 is 1.00 bits per heavy atom. The maximum Gasteiger partial charge on any atom is 0.425 e. The third-order valence-corrected chi connectivity index (χ3v) is 3.54. The van der Waals surface area contributed by atoms with Crippen molar-refractivity contribution in [2.45, 2.75) is 83.5 Å². The van der Waals surface area contributed by atoms with Crippen LogP contribution in [0.15, 0.2) is 4.99 Å². The topological polar surface area (TPSA) is 67.8 Å². The molecule has 0 saturated heterocycles. The van der Waals surface area contributed by atoms with E-state index < -0.39 is 31.0 Å². The van der Waals surface area contributed by atoms with Crippen LogP contribution in [-0.4, -0.2) is 50.1 Å². The highest BCUT2D eigenvalue weighted by Gasteiger charge is 2.57. The number of nitrogens with one attached hydrogen (secondary N) is 1. The predicted molar refractivity (Wildman–Crippen MR) is 96.5 cm³/mol. The van der Waals surface area contributed by atoms with Crippen molar-refractivity contribution in [3.8, 4) is 0 Å². The second-order valence-electron chi connectivity index (χ2n) is 6.26. The highest BCUT2D eigenvalue weighted by Crippen LogP contribution is 2.34. The van der Waals surface area contributed by atoms with E-state index in [9.17, 15) is 35.9 Å². The zero-order valence-electron chi connectivity index (χ0n) is 16.8. The largest absolute Gasteiger partial charge is 0.443 e. The Hall–Kier alpha value is -1.77. The number of rotatable bonds is 13. The van der Waals surface area contributed by atoms with Crippen LogP contribution in [0.25, 0.3) is 0 Å². The van der Waals surface area contributed by atoms with Crippen LogP contribution in [0.1, 0.15) is 65.2 Å². The van der Waals surface area contributed by atoms with Gasteiger partial charge in [-0.15, -0.1) is 0 Å². The van der Waals surface area contributed by atoms with E-state index in [0.29, 0.717) is 13.0 Å². The Labute approximate surface area is 167 Å². The van der Waals surface area contributed by atoms with Crippen LogP contribution in [-0.2, 0) is 9.53 Å². The van der Waals surface area contributed by atoms with Gasteiger partial charge in [0.15, 0.2) is 6.61 Å². The van der Waals surface area contributed by atoms with Crippen LogP contribution in [0, 0.1) is 0 Å². The molecule has 1 amide bonds. The minimum Gasteiger partial charge on any atom is -0.443 e. The van der Waals surface area contributed by atoms with E-state index in [1.807, 2.05) is 6.92 Å². The summed E-state index contributed by atoms with van der Waals surface area (Å²) in [6.07, 6.45) is -1.86. The summed E-state index contributed by atoms with van der Waals surface area (Å²) in [5.41, 5.74) is 0. The van der Waals surface area contributed by atoms with Crippen LogP contribution in [0.5, 0.6) is 0 Å². The van der Waals surface area contributed by atoms with E-state index in [2.05, 4.69) is 22.0 Å². The quantitative estimate of drug-likeness (QED) is 0.173. The Bertz CT molecular complexity index is 469. The molecule has 0 radical (unpaired) electrons. The molecule has 0 saturated carbocycles. The third kappa shape index (κ3) is 18.0. The molecule has 11 heteroatoms. The number of nitrogens with zero attached hydrogens (tertiary/aromatic N) is 1. The number of hydrogen-bond donors (Lipinski definition) is 1. The van der Waals surface area contributed by atoms with Crippen molar-refractivity contribution in [2.24, 2.45) is 4.99 Å². The molecule has 172 valence electrons. The van der Waals surface area contributed by atoms with Crippen molar-refractivity contribution in [3.05, 3.63) is 0 Å². The SMILES string of the molecule is CCCCCCN=C=O.CCCCCCNC(=O)OCC(F)(F)C(F)C(F)(F)F. The van der Waals surface area contributed by atoms with Gasteiger partial charge in [-0.1, -0.05) is 52.4 Å². The van der Waals surface area contributed by atoms with Gasteiger partial charge in [-0.25, -0.2) is 19.0 Å². The molecule has 0 aliphatic rings. The zero-order valence-corrected chi connectivity index (χ0v) is 16.8. The fraction of sp³-hybridized carbons (Fsp3) is 0.889. The third-order valence-electron chi connectivity index (χ3n) is 3.54. The van der Waals surface area contributed by atoms with Crippen molar-refractivity contribution in [3.63, 3.8) is 0 Å². The lowest BCUT2D eigenvalue weighted by Gasteiger charge is -2.22. The molecule has 1 unspecified atom stereocenters. The summed E-state index contributed by atoms with van der Waals surface area (Å²) in [6.45, 7) is 2.97. The number of alkyl carbamates (subject to hydrolysis) is 1. The number of ether oxygens (including phenoxy) is 1. The number of aliphatic imine (C=N–C) groups is 1. The van der Waals surface area contributed by atoms with Gasteiger partial charge in [-0.2, -0.15) is 22.0 Å². The van der Waals surface area contributed by atoms with Crippen LogP contribution < -0.4 is 5.32 Å². The smallest absolute Gasteiger partial charge is 0.425 e. The molecule has 0 fully saturated rings. The Morgan fingerprint density at radius 2 is 1.55 bits per heavy atom. The van der Waals surface area contributed by atoms with Crippen molar-refractivity contribution >= 4 is 12.2 Å². The average Bonchev–Trinajstić information content (AvgIpc) is 2.65. The van der Waals surface area contributed by atoms with Gasteiger partial charge in [-0.05, 0) is 12.8 Å². The number of alkyl halides is 6. The van der Waals surface area contributed by atoms with Crippen molar-refractivity contribution in [1.82, 2.24) is 5.32 Å². The van der Waals surface area contributed by atoms with Gasteiger partial charge in [-0.3, -0.25) is 0 Å². The van der Waals surface area contributed by atoms with Crippen LogP contribution in [0.3, 0.4) is 0 Å².